The number of hydrogen-bond donors (Lipinski definition) is 2. The summed E-state index contributed by atoms with van der Waals surface area (Å²) in [4.78, 5) is 0. The van der Waals surface area contributed by atoms with Gasteiger partial charge in [0, 0.05) is 20.1 Å². The molecule has 0 heterocycles. The minimum Gasteiger partial charge on any atom is -0.389 e. The van der Waals surface area contributed by atoms with Crippen LogP contribution in [0.15, 0.2) is 0 Å². The van der Waals surface area contributed by atoms with E-state index >= 15 is 0 Å². The first kappa shape index (κ1) is 14.8. The molecule has 5 nitrogen and oxygen atoms in total. The van der Waals surface area contributed by atoms with Gasteiger partial charge in [0.25, 0.3) is 10.2 Å². The molecular formula is C9H22N2O3S. The van der Waals surface area contributed by atoms with Crippen molar-refractivity contribution in [1.82, 2.24) is 9.03 Å². The van der Waals surface area contributed by atoms with Gasteiger partial charge in [0.15, 0.2) is 0 Å². The van der Waals surface area contributed by atoms with E-state index in [9.17, 15) is 13.5 Å². The molecule has 0 rings (SSSR count). The van der Waals surface area contributed by atoms with Crippen molar-refractivity contribution in [3.63, 3.8) is 0 Å². The second-order valence-corrected chi connectivity index (χ2v) is 5.53. The fourth-order valence-corrected chi connectivity index (χ4v) is 2.02. The average Bonchev–Trinajstić information content (AvgIpc) is 2.24. The van der Waals surface area contributed by atoms with Crippen molar-refractivity contribution in [3.8, 4) is 0 Å². The van der Waals surface area contributed by atoms with Gasteiger partial charge >= 0.3 is 0 Å². The number of nitrogens with zero attached hydrogens (tertiary/aromatic N) is 1. The summed E-state index contributed by atoms with van der Waals surface area (Å²) in [6.07, 6.45) is 1.06. The molecule has 0 unspecified atom stereocenters. The molecule has 0 aliphatic heterocycles. The Labute approximate surface area is 92.7 Å². The van der Waals surface area contributed by atoms with Gasteiger partial charge in [0.1, 0.15) is 0 Å². The monoisotopic (exact) mass is 238 g/mol. The molecule has 15 heavy (non-hydrogen) atoms. The quantitative estimate of drug-likeness (QED) is 0.671. The summed E-state index contributed by atoms with van der Waals surface area (Å²) in [6.45, 7) is 5.90. The Hall–Kier alpha value is -0.170. The first-order valence-corrected chi connectivity index (χ1v) is 6.68. The predicted octanol–water partition coefficient (Wildman–Crippen LogP) is 0.324. The van der Waals surface area contributed by atoms with Gasteiger partial charge in [-0.05, 0) is 12.8 Å². The van der Waals surface area contributed by atoms with Gasteiger partial charge in [-0.3, -0.25) is 0 Å². The van der Waals surface area contributed by atoms with E-state index in [1.54, 1.807) is 6.92 Å². The molecule has 0 aromatic rings. The fraction of sp³-hybridized carbons (Fsp3) is 1.00. The van der Waals surface area contributed by atoms with Crippen LogP contribution >= 0.6 is 0 Å². The van der Waals surface area contributed by atoms with Crippen molar-refractivity contribution < 1.29 is 13.5 Å². The Bertz CT molecular complexity index is 273. The lowest BCUT2D eigenvalue weighted by Crippen LogP contribution is -2.46. The third-order valence-corrected chi connectivity index (χ3v) is 4.34. The van der Waals surface area contributed by atoms with Crippen molar-refractivity contribution in [3.05, 3.63) is 0 Å². The van der Waals surface area contributed by atoms with Crippen LogP contribution in [0, 0.1) is 0 Å². The van der Waals surface area contributed by atoms with Crippen molar-refractivity contribution in [2.24, 2.45) is 0 Å². The highest BCUT2D eigenvalue weighted by Crippen LogP contribution is 2.13. The van der Waals surface area contributed by atoms with E-state index in [0.29, 0.717) is 19.4 Å². The van der Waals surface area contributed by atoms with Crippen LogP contribution in [0.3, 0.4) is 0 Å². The van der Waals surface area contributed by atoms with Gasteiger partial charge < -0.3 is 5.11 Å². The lowest BCUT2D eigenvalue weighted by molar-refractivity contribution is 0.0374. The maximum atomic E-state index is 11.5. The zero-order valence-electron chi connectivity index (χ0n) is 9.95. The molecule has 0 amide bonds. The van der Waals surface area contributed by atoms with Gasteiger partial charge in [-0.1, -0.05) is 20.8 Å². The first-order chi connectivity index (χ1) is 6.81. The molecule has 0 aromatic heterocycles. The van der Waals surface area contributed by atoms with Crippen LogP contribution in [0.25, 0.3) is 0 Å². The zero-order chi connectivity index (χ0) is 12.1. The minimum absolute atomic E-state index is 0.0622. The number of hydrogen-bond acceptors (Lipinski definition) is 3. The summed E-state index contributed by atoms with van der Waals surface area (Å²) >= 11 is 0. The van der Waals surface area contributed by atoms with Crippen molar-refractivity contribution in [1.29, 1.82) is 0 Å². The molecule has 0 aromatic carbocycles. The molecule has 0 radical (unpaired) electrons. The lowest BCUT2D eigenvalue weighted by atomic mass is 9.98. The molecule has 6 heteroatoms. The van der Waals surface area contributed by atoms with E-state index in [0.717, 1.165) is 0 Å². The maximum absolute atomic E-state index is 11.5. The second-order valence-electron chi connectivity index (χ2n) is 3.67. The highest BCUT2D eigenvalue weighted by molar-refractivity contribution is 7.87. The normalized spacial score (nSPS) is 13.5. The Morgan fingerprint density at radius 2 is 1.73 bits per heavy atom. The predicted molar refractivity (Wildman–Crippen MR) is 60.8 cm³/mol. The van der Waals surface area contributed by atoms with Gasteiger partial charge in [-0.2, -0.15) is 17.4 Å². The molecule has 0 saturated heterocycles. The Kier molecular flexibility index (Phi) is 5.72. The van der Waals surface area contributed by atoms with E-state index in [2.05, 4.69) is 4.72 Å². The summed E-state index contributed by atoms with van der Waals surface area (Å²) in [6, 6.07) is 0. The van der Waals surface area contributed by atoms with Crippen LogP contribution in [-0.2, 0) is 10.2 Å². The average molecular weight is 238 g/mol. The van der Waals surface area contributed by atoms with Crippen molar-refractivity contribution >= 4 is 10.2 Å². The third kappa shape index (κ3) is 4.46. The first-order valence-electron chi connectivity index (χ1n) is 5.24. The Balaban J connectivity index is 4.38. The highest BCUT2D eigenvalue weighted by atomic mass is 32.2. The van der Waals surface area contributed by atoms with Gasteiger partial charge in [-0.25, -0.2) is 0 Å². The van der Waals surface area contributed by atoms with Crippen LogP contribution in [-0.4, -0.2) is 43.6 Å². The highest BCUT2D eigenvalue weighted by Gasteiger charge is 2.25. The summed E-state index contributed by atoms with van der Waals surface area (Å²) in [5, 5.41) is 9.90. The molecular weight excluding hydrogens is 216 g/mol. The Morgan fingerprint density at radius 3 is 2.07 bits per heavy atom. The summed E-state index contributed by atoms with van der Waals surface area (Å²) < 4.78 is 26.7. The number of rotatable bonds is 7. The topological polar surface area (TPSA) is 69.6 Å². The molecule has 2 N–H and O–H groups in total. The van der Waals surface area contributed by atoms with E-state index < -0.39 is 15.8 Å². The van der Waals surface area contributed by atoms with Crippen LogP contribution in [0.1, 0.15) is 33.6 Å². The maximum Gasteiger partial charge on any atom is 0.279 e. The summed E-state index contributed by atoms with van der Waals surface area (Å²) in [7, 11) is -1.94. The van der Waals surface area contributed by atoms with Gasteiger partial charge in [0.05, 0.1) is 5.60 Å². The molecule has 0 bridgehead atoms. The zero-order valence-corrected chi connectivity index (χ0v) is 10.8. The van der Waals surface area contributed by atoms with Crippen molar-refractivity contribution in [2.45, 2.75) is 39.2 Å². The van der Waals surface area contributed by atoms with E-state index in [1.165, 1.54) is 11.4 Å². The Morgan fingerprint density at radius 1 is 1.27 bits per heavy atom. The molecule has 0 saturated carbocycles. The molecule has 92 valence electrons. The van der Waals surface area contributed by atoms with Crippen LogP contribution in [0.5, 0.6) is 0 Å². The SMILES string of the molecule is CCN(C)S(=O)(=O)NCC(O)(CC)CC. The number of aliphatic hydroxyl groups is 1. The van der Waals surface area contributed by atoms with E-state index in [4.69, 9.17) is 0 Å². The fourth-order valence-electron chi connectivity index (χ4n) is 1.01. The van der Waals surface area contributed by atoms with Crippen LogP contribution < -0.4 is 4.72 Å². The van der Waals surface area contributed by atoms with Gasteiger partial charge in [-0.15, -0.1) is 0 Å². The molecule has 0 spiro atoms. The van der Waals surface area contributed by atoms with E-state index in [1.807, 2.05) is 13.8 Å². The molecule has 0 aliphatic rings. The largest absolute Gasteiger partial charge is 0.389 e. The van der Waals surface area contributed by atoms with Crippen LogP contribution in [0.4, 0.5) is 0 Å². The summed E-state index contributed by atoms with van der Waals surface area (Å²) in [5.41, 5.74) is -0.943. The number of nitrogens with one attached hydrogen (secondary N) is 1. The molecule has 0 aliphatic carbocycles. The standard InChI is InChI=1S/C9H22N2O3S/c1-5-9(12,6-2)8-10-15(13,14)11(4)7-3/h10,12H,5-8H2,1-4H3. The van der Waals surface area contributed by atoms with E-state index in [-0.39, 0.29) is 6.54 Å². The second kappa shape index (κ2) is 5.79. The smallest absolute Gasteiger partial charge is 0.279 e. The molecule has 0 fully saturated rings. The van der Waals surface area contributed by atoms with Gasteiger partial charge in [0.2, 0.25) is 0 Å². The third-order valence-electron chi connectivity index (χ3n) is 2.76. The summed E-state index contributed by atoms with van der Waals surface area (Å²) in [5.74, 6) is 0. The minimum atomic E-state index is -3.44. The lowest BCUT2D eigenvalue weighted by Gasteiger charge is -2.26. The van der Waals surface area contributed by atoms with Crippen LogP contribution in [0.2, 0.25) is 0 Å². The van der Waals surface area contributed by atoms with Crippen molar-refractivity contribution in [2.75, 3.05) is 20.1 Å². The molecule has 0 atom stereocenters.